The van der Waals surface area contributed by atoms with Crippen molar-refractivity contribution in [3.63, 3.8) is 0 Å². The van der Waals surface area contributed by atoms with Gasteiger partial charge in [0, 0.05) is 31.0 Å². The Morgan fingerprint density at radius 2 is 1.70 bits per heavy atom. The highest BCUT2D eigenvalue weighted by Gasteiger charge is 2.31. The average molecular weight is 445 g/mol. The molecule has 168 valence electrons. The molecular formula is C26H23NO6. The van der Waals surface area contributed by atoms with Gasteiger partial charge in [0.05, 0.1) is 18.2 Å². The molecular weight excluding hydrogens is 422 g/mol. The first-order valence-corrected chi connectivity index (χ1v) is 10.5. The number of benzene rings is 3. The van der Waals surface area contributed by atoms with Gasteiger partial charge in [0.25, 0.3) is 0 Å². The van der Waals surface area contributed by atoms with E-state index in [9.17, 15) is 14.4 Å². The minimum absolute atomic E-state index is 0.0534. The molecule has 1 atom stereocenters. The number of hydrogen-bond donors (Lipinski definition) is 1. The van der Waals surface area contributed by atoms with Crippen LogP contribution < -0.4 is 4.74 Å². The number of carbonyl (C=O) groups excluding carboxylic acids is 2. The predicted octanol–water partition coefficient (Wildman–Crippen LogP) is 4.48. The molecule has 3 aromatic rings. The third-order valence-corrected chi connectivity index (χ3v) is 5.66. The number of likely N-dealkylation sites (tertiary alicyclic amines) is 1. The second-order valence-corrected chi connectivity index (χ2v) is 7.83. The van der Waals surface area contributed by atoms with Gasteiger partial charge >= 0.3 is 11.9 Å². The van der Waals surface area contributed by atoms with E-state index in [2.05, 4.69) is 0 Å². The van der Waals surface area contributed by atoms with Gasteiger partial charge in [-0.1, -0.05) is 36.4 Å². The molecule has 1 aliphatic heterocycles. The van der Waals surface area contributed by atoms with E-state index in [1.54, 1.807) is 35.2 Å². The van der Waals surface area contributed by atoms with Crippen molar-refractivity contribution in [2.45, 2.75) is 18.9 Å². The topological polar surface area (TPSA) is 93.1 Å². The number of rotatable bonds is 7. The molecule has 33 heavy (non-hydrogen) atoms. The monoisotopic (exact) mass is 445 g/mol. The number of carbonyl (C=O) groups is 3. The van der Waals surface area contributed by atoms with Crippen LogP contribution in [0, 0.1) is 0 Å². The number of aromatic carboxylic acids is 1. The molecule has 0 aliphatic carbocycles. The zero-order chi connectivity index (χ0) is 23.4. The molecule has 0 radical (unpaired) electrons. The van der Waals surface area contributed by atoms with E-state index in [4.69, 9.17) is 14.6 Å². The van der Waals surface area contributed by atoms with Crippen LogP contribution in [0.5, 0.6) is 11.5 Å². The molecule has 0 saturated carbocycles. The van der Waals surface area contributed by atoms with Crippen molar-refractivity contribution in [2.24, 2.45) is 0 Å². The first-order chi connectivity index (χ1) is 15.9. The summed E-state index contributed by atoms with van der Waals surface area (Å²) < 4.78 is 10.8. The van der Waals surface area contributed by atoms with E-state index in [1.165, 1.54) is 19.2 Å². The van der Waals surface area contributed by atoms with Gasteiger partial charge in [-0.25, -0.2) is 9.59 Å². The van der Waals surface area contributed by atoms with E-state index in [0.29, 0.717) is 36.6 Å². The lowest BCUT2D eigenvalue weighted by Gasteiger charge is -2.20. The molecule has 1 fully saturated rings. The van der Waals surface area contributed by atoms with Gasteiger partial charge < -0.3 is 19.5 Å². The van der Waals surface area contributed by atoms with Gasteiger partial charge in [0.2, 0.25) is 5.91 Å². The zero-order valence-electron chi connectivity index (χ0n) is 18.1. The number of ether oxygens (including phenoxy) is 2. The van der Waals surface area contributed by atoms with Gasteiger partial charge in [-0.05, 0) is 42.0 Å². The van der Waals surface area contributed by atoms with E-state index in [1.807, 2.05) is 30.3 Å². The molecule has 1 N–H and O–H groups in total. The Balaban J connectivity index is 1.58. The summed E-state index contributed by atoms with van der Waals surface area (Å²) in [4.78, 5) is 37.6. The van der Waals surface area contributed by atoms with Crippen LogP contribution in [0.4, 0.5) is 0 Å². The molecule has 0 bridgehead atoms. The Morgan fingerprint density at radius 1 is 1.00 bits per heavy atom. The van der Waals surface area contributed by atoms with Gasteiger partial charge in [-0.2, -0.15) is 0 Å². The van der Waals surface area contributed by atoms with E-state index >= 15 is 0 Å². The lowest BCUT2D eigenvalue weighted by molar-refractivity contribution is -0.128. The number of nitrogens with zero attached hydrogens (tertiary/aromatic N) is 1. The van der Waals surface area contributed by atoms with Crippen molar-refractivity contribution in [1.29, 1.82) is 0 Å². The first kappa shape index (κ1) is 22.1. The standard InChI is InChI=1S/C26H23NO6/c1-32-26(31)19-7-8-20(23(13-19)33-22-11-9-18(10-12-22)25(29)30)15-27-16-21(14-24(27)28)17-5-3-2-4-6-17/h2-13,21H,14-16H2,1H3,(H,29,30)/t21-/m1/s1. The smallest absolute Gasteiger partial charge is 0.337 e. The largest absolute Gasteiger partial charge is 0.478 e. The first-order valence-electron chi connectivity index (χ1n) is 10.5. The van der Waals surface area contributed by atoms with E-state index in [0.717, 1.165) is 11.1 Å². The van der Waals surface area contributed by atoms with Gasteiger partial charge in [0.15, 0.2) is 0 Å². The number of carboxylic acids is 1. The summed E-state index contributed by atoms with van der Waals surface area (Å²) in [5, 5.41) is 9.09. The Hall–Kier alpha value is -4.13. The molecule has 1 amide bonds. The molecule has 0 spiro atoms. The second-order valence-electron chi connectivity index (χ2n) is 7.83. The van der Waals surface area contributed by atoms with Gasteiger partial charge in [0.1, 0.15) is 11.5 Å². The fraction of sp³-hybridized carbons (Fsp3) is 0.192. The molecule has 0 unspecified atom stereocenters. The Kier molecular flexibility index (Phi) is 6.40. The minimum Gasteiger partial charge on any atom is -0.478 e. The average Bonchev–Trinajstić information content (AvgIpc) is 3.20. The maximum absolute atomic E-state index is 12.7. The summed E-state index contributed by atoms with van der Waals surface area (Å²) in [6, 6.07) is 20.9. The summed E-state index contributed by atoms with van der Waals surface area (Å²) >= 11 is 0. The number of amides is 1. The Morgan fingerprint density at radius 3 is 2.36 bits per heavy atom. The second kappa shape index (κ2) is 9.56. The summed E-state index contributed by atoms with van der Waals surface area (Å²) in [5.74, 6) is -0.543. The number of esters is 1. The van der Waals surface area contributed by atoms with Gasteiger partial charge in [-0.3, -0.25) is 4.79 Å². The van der Waals surface area contributed by atoms with Crippen LogP contribution in [0.1, 0.15) is 44.2 Å². The molecule has 0 aromatic heterocycles. The SMILES string of the molecule is COC(=O)c1ccc(CN2C[C@H](c3ccccc3)CC2=O)c(Oc2ccc(C(=O)O)cc2)c1. The Labute approximate surface area is 191 Å². The Bertz CT molecular complexity index is 1170. The molecule has 1 saturated heterocycles. The fourth-order valence-corrected chi connectivity index (χ4v) is 3.90. The van der Waals surface area contributed by atoms with Gasteiger partial charge in [-0.15, -0.1) is 0 Å². The highest BCUT2D eigenvalue weighted by atomic mass is 16.5. The third kappa shape index (κ3) is 5.03. The van der Waals surface area contributed by atoms with Crippen molar-refractivity contribution >= 4 is 17.8 Å². The van der Waals surface area contributed by atoms with Crippen molar-refractivity contribution in [1.82, 2.24) is 4.90 Å². The van der Waals surface area contributed by atoms with Crippen LogP contribution in [0.3, 0.4) is 0 Å². The summed E-state index contributed by atoms with van der Waals surface area (Å²) in [6.07, 6.45) is 0.442. The lowest BCUT2D eigenvalue weighted by atomic mass is 9.98. The summed E-state index contributed by atoms with van der Waals surface area (Å²) in [7, 11) is 1.30. The zero-order valence-corrected chi connectivity index (χ0v) is 18.1. The van der Waals surface area contributed by atoms with Crippen LogP contribution in [0.15, 0.2) is 72.8 Å². The molecule has 4 rings (SSSR count). The lowest BCUT2D eigenvalue weighted by Crippen LogP contribution is -2.24. The molecule has 7 heteroatoms. The third-order valence-electron chi connectivity index (χ3n) is 5.66. The summed E-state index contributed by atoms with van der Waals surface area (Å²) in [6.45, 7) is 0.917. The van der Waals surface area contributed by atoms with Crippen LogP contribution in [0.2, 0.25) is 0 Å². The highest BCUT2D eigenvalue weighted by Crippen LogP contribution is 2.33. The number of hydrogen-bond acceptors (Lipinski definition) is 5. The maximum Gasteiger partial charge on any atom is 0.337 e. The number of carboxylic acid groups (broad SMARTS) is 1. The summed E-state index contributed by atoms with van der Waals surface area (Å²) in [5.41, 5.74) is 2.31. The molecule has 1 aliphatic rings. The maximum atomic E-state index is 12.7. The molecule has 1 heterocycles. The van der Waals surface area contributed by atoms with E-state index in [-0.39, 0.29) is 17.4 Å². The fourth-order valence-electron chi connectivity index (χ4n) is 3.90. The normalized spacial score (nSPS) is 15.4. The van der Waals surface area contributed by atoms with Crippen LogP contribution in [0.25, 0.3) is 0 Å². The van der Waals surface area contributed by atoms with Crippen LogP contribution >= 0.6 is 0 Å². The molecule has 3 aromatic carbocycles. The highest BCUT2D eigenvalue weighted by molar-refractivity contribution is 5.90. The predicted molar refractivity (Wildman–Crippen MR) is 120 cm³/mol. The quantitative estimate of drug-likeness (QED) is 0.539. The van der Waals surface area contributed by atoms with Crippen molar-refractivity contribution in [3.05, 3.63) is 95.1 Å². The number of methoxy groups -OCH3 is 1. The molecule has 7 nitrogen and oxygen atoms in total. The van der Waals surface area contributed by atoms with E-state index < -0.39 is 11.9 Å². The van der Waals surface area contributed by atoms with Crippen LogP contribution in [-0.4, -0.2) is 41.5 Å². The van der Waals surface area contributed by atoms with Crippen molar-refractivity contribution in [2.75, 3.05) is 13.7 Å². The minimum atomic E-state index is -1.03. The van der Waals surface area contributed by atoms with Crippen molar-refractivity contribution in [3.8, 4) is 11.5 Å². The van der Waals surface area contributed by atoms with Crippen LogP contribution in [-0.2, 0) is 16.1 Å². The van der Waals surface area contributed by atoms with Crippen molar-refractivity contribution < 1.29 is 29.0 Å².